The molecule has 0 aliphatic rings. The molecule has 0 fully saturated rings. The Balaban J connectivity index is 2.70. The maximum atomic E-state index is 5.68. The summed E-state index contributed by atoms with van der Waals surface area (Å²) in [6, 6.07) is 7.65. The summed E-state index contributed by atoms with van der Waals surface area (Å²) in [6.45, 7) is 0. The molecule has 0 amide bonds. The molecule has 2 rings (SSSR count). The van der Waals surface area contributed by atoms with Crippen LogP contribution in [-0.4, -0.2) is 12.1 Å². The molecule has 0 bridgehead atoms. The molecule has 0 radical (unpaired) electrons. The summed E-state index contributed by atoms with van der Waals surface area (Å²) >= 11 is 3.33. The second kappa shape index (κ2) is 3.46. The quantitative estimate of drug-likeness (QED) is 0.849. The van der Waals surface area contributed by atoms with E-state index in [1.807, 2.05) is 24.3 Å². The van der Waals surface area contributed by atoms with Crippen molar-refractivity contribution in [2.24, 2.45) is 0 Å². The summed E-state index contributed by atoms with van der Waals surface area (Å²) in [5, 5.41) is 1.03. The van der Waals surface area contributed by atoms with Gasteiger partial charge in [0, 0.05) is 11.5 Å². The molecule has 72 valence electrons. The molecule has 0 spiro atoms. The van der Waals surface area contributed by atoms with Gasteiger partial charge < -0.3 is 10.5 Å². The molecule has 3 nitrogen and oxygen atoms in total. The van der Waals surface area contributed by atoms with Gasteiger partial charge in [-0.15, -0.1) is 0 Å². The number of methoxy groups -OCH3 is 1. The van der Waals surface area contributed by atoms with Gasteiger partial charge in [0.1, 0.15) is 11.6 Å². The third-order valence-electron chi connectivity index (χ3n) is 2.01. The van der Waals surface area contributed by atoms with Crippen LogP contribution in [-0.2, 0) is 0 Å². The molecular formula is C10H9BrN2O. The number of nitrogen functional groups attached to an aromatic ring is 1. The van der Waals surface area contributed by atoms with Crippen LogP contribution in [0.15, 0.2) is 28.7 Å². The van der Waals surface area contributed by atoms with E-state index in [1.54, 1.807) is 7.11 Å². The number of anilines is 1. The first-order chi connectivity index (χ1) is 6.70. The van der Waals surface area contributed by atoms with Gasteiger partial charge >= 0.3 is 0 Å². The van der Waals surface area contributed by atoms with Gasteiger partial charge in [-0.25, -0.2) is 4.98 Å². The molecule has 0 saturated heterocycles. The Kier molecular flexibility index (Phi) is 2.29. The molecular weight excluding hydrogens is 244 g/mol. The zero-order chi connectivity index (χ0) is 10.1. The number of halogens is 1. The minimum Gasteiger partial charge on any atom is -0.497 e. The molecule has 1 aromatic heterocycles. The Labute approximate surface area is 90.0 Å². The number of pyridine rings is 1. The number of nitrogens with two attached hydrogens (primary N) is 1. The van der Waals surface area contributed by atoms with Gasteiger partial charge in [0.05, 0.1) is 17.1 Å². The number of nitrogens with zero attached hydrogens (tertiary/aromatic N) is 1. The average Bonchev–Trinajstić information content (AvgIpc) is 2.19. The molecule has 0 aliphatic carbocycles. The van der Waals surface area contributed by atoms with E-state index < -0.39 is 0 Å². The Hall–Kier alpha value is -1.29. The van der Waals surface area contributed by atoms with Crippen molar-refractivity contribution in [2.75, 3.05) is 12.8 Å². The molecule has 1 heterocycles. The topological polar surface area (TPSA) is 48.1 Å². The van der Waals surface area contributed by atoms with Crippen molar-refractivity contribution in [2.45, 2.75) is 0 Å². The molecule has 0 saturated carbocycles. The molecule has 14 heavy (non-hydrogen) atoms. The summed E-state index contributed by atoms with van der Waals surface area (Å²) in [5.74, 6) is 1.28. The van der Waals surface area contributed by atoms with E-state index in [1.165, 1.54) is 0 Å². The Morgan fingerprint density at radius 3 is 2.86 bits per heavy atom. The fourth-order valence-electron chi connectivity index (χ4n) is 1.26. The van der Waals surface area contributed by atoms with Crippen LogP contribution in [0.1, 0.15) is 0 Å². The number of benzene rings is 1. The number of ether oxygens (including phenoxy) is 1. The molecule has 0 aliphatic heterocycles. The van der Waals surface area contributed by atoms with Crippen molar-refractivity contribution >= 4 is 32.7 Å². The molecule has 0 unspecified atom stereocenters. The van der Waals surface area contributed by atoms with E-state index in [9.17, 15) is 0 Å². The van der Waals surface area contributed by atoms with Gasteiger partial charge in [-0.2, -0.15) is 0 Å². The Bertz CT molecular complexity index is 485. The zero-order valence-electron chi connectivity index (χ0n) is 7.62. The van der Waals surface area contributed by atoms with Crippen LogP contribution in [0.5, 0.6) is 5.75 Å². The highest BCUT2D eigenvalue weighted by atomic mass is 79.9. The largest absolute Gasteiger partial charge is 0.497 e. The predicted octanol–water partition coefficient (Wildman–Crippen LogP) is 2.59. The number of hydrogen-bond donors (Lipinski definition) is 1. The van der Waals surface area contributed by atoms with Crippen LogP contribution < -0.4 is 10.5 Å². The van der Waals surface area contributed by atoms with Crippen molar-refractivity contribution in [3.05, 3.63) is 28.7 Å². The van der Waals surface area contributed by atoms with Crippen LogP contribution >= 0.6 is 15.9 Å². The smallest absolute Gasteiger partial charge is 0.138 e. The Morgan fingerprint density at radius 2 is 2.14 bits per heavy atom. The molecule has 2 aromatic rings. The standard InChI is InChI=1S/C10H9BrN2O/c1-14-7-3-2-6-4-8(11)10(12)13-9(6)5-7/h2-5H,1H3,(H2,12,13). The first-order valence-electron chi connectivity index (χ1n) is 4.10. The van der Waals surface area contributed by atoms with Crippen molar-refractivity contribution in [3.63, 3.8) is 0 Å². The van der Waals surface area contributed by atoms with Crippen LogP contribution in [0, 0.1) is 0 Å². The number of rotatable bonds is 1. The van der Waals surface area contributed by atoms with E-state index in [0.717, 1.165) is 21.1 Å². The lowest BCUT2D eigenvalue weighted by molar-refractivity contribution is 0.415. The van der Waals surface area contributed by atoms with Crippen LogP contribution in [0.25, 0.3) is 10.9 Å². The van der Waals surface area contributed by atoms with Crippen LogP contribution in [0.2, 0.25) is 0 Å². The van der Waals surface area contributed by atoms with Gasteiger partial charge in [0.2, 0.25) is 0 Å². The highest BCUT2D eigenvalue weighted by Gasteiger charge is 2.02. The number of fused-ring (bicyclic) bond motifs is 1. The SMILES string of the molecule is COc1ccc2cc(Br)c(N)nc2c1. The first-order valence-corrected chi connectivity index (χ1v) is 4.90. The minimum atomic E-state index is 0.491. The average molecular weight is 253 g/mol. The fraction of sp³-hybridized carbons (Fsp3) is 0.100. The summed E-state index contributed by atoms with van der Waals surface area (Å²) in [7, 11) is 1.63. The normalized spacial score (nSPS) is 10.4. The first kappa shape index (κ1) is 9.27. The fourth-order valence-corrected chi connectivity index (χ4v) is 1.60. The highest BCUT2D eigenvalue weighted by molar-refractivity contribution is 9.10. The molecule has 4 heteroatoms. The van der Waals surface area contributed by atoms with Crippen LogP contribution in [0.4, 0.5) is 5.82 Å². The third-order valence-corrected chi connectivity index (χ3v) is 2.64. The van der Waals surface area contributed by atoms with E-state index in [-0.39, 0.29) is 0 Å². The summed E-state index contributed by atoms with van der Waals surface area (Å²) in [5.41, 5.74) is 6.52. The highest BCUT2D eigenvalue weighted by Crippen LogP contribution is 2.25. The van der Waals surface area contributed by atoms with Gasteiger partial charge in [-0.1, -0.05) is 0 Å². The number of hydrogen-bond acceptors (Lipinski definition) is 3. The summed E-state index contributed by atoms with van der Waals surface area (Å²) < 4.78 is 5.91. The minimum absolute atomic E-state index is 0.491. The van der Waals surface area contributed by atoms with Gasteiger partial charge in [-0.05, 0) is 34.1 Å². The van der Waals surface area contributed by atoms with E-state index in [2.05, 4.69) is 20.9 Å². The number of aromatic nitrogens is 1. The van der Waals surface area contributed by atoms with E-state index >= 15 is 0 Å². The molecule has 0 atom stereocenters. The van der Waals surface area contributed by atoms with Gasteiger partial charge in [0.25, 0.3) is 0 Å². The summed E-state index contributed by atoms with van der Waals surface area (Å²) in [4.78, 5) is 4.23. The van der Waals surface area contributed by atoms with Gasteiger partial charge in [0.15, 0.2) is 0 Å². The van der Waals surface area contributed by atoms with Crippen molar-refractivity contribution in [3.8, 4) is 5.75 Å². The van der Waals surface area contributed by atoms with Crippen molar-refractivity contribution in [1.29, 1.82) is 0 Å². The third kappa shape index (κ3) is 1.53. The lowest BCUT2D eigenvalue weighted by Gasteiger charge is -2.03. The molecule has 1 aromatic carbocycles. The summed E-state index contributed by atoms with van der Waals surface area (Å²) in [6.07, 6.45) is 0. The maximum absolute atomic E-state index is 5.68. The monoisotopic (exact) mass is 252 g/mol. The van der Waals surface area contributed by atoms with Crippen LogP contribution in [0.3, 0.4) is 0 Å². The second-order valence-electron chi connectivity index (χ2n) is 2.91. The Morgan fingerprint density at radius 1 is 1.36 bits per heavy atom. The zero-order valence-corrected chi connectivity index (χ0v) is 9.21. The van der Waals surface area contributed by atoms with Crippen molar-refractivity contribution < 1.29 is 4.74 Å². The maximum Gasteiger partial charge on any atom is 0.138 e. The van der Waals surface area contributed by atoms with Gasteiger partial charge in [-0.3, -0.25) is 0 Å². The van der Waals surface area contributed by atoms with Crippen molar-refractivity contribution in [1.82, 2.24) is 4.98 Å². The lowest BCUT2D eigenvalue weighted by Crippen LogP contribution is -1.92. The van der Waals surface area contributed by atoms with E-state index in [0.29, 0.717) is 5.82 Å². The predicted molar refractivity (Wildman–Crippen MR) is 60.4 cm³/mol. The van der Waals surface area contributed by atoms with E-state index in [4.69, 9.17) is 10.5 Å². The lowest BCUT2D eigenvalue weighted by atomic mass is 10.2. The molecule has 2 N–H and O–H groups in total. The second-order valence-corrected chi connectivity index (χ2v) is 3.77.